The predicted molar refractivity (Wildman–Crippen MR) is 89.6 cm³/mol. The van der Waals surface area contributed by atoms with Gasteiger partial charge in [0.1, 0.15) is 11.3 Å². The van der Waals surface area contributed by atoms with Crippen LogP contribution in [-0.2, 0) is 16.0 Å². The Balaban J connectivity index is 1.69. The van der Waals surface area contributed by atoms with E-state index in [1.807, 2.05) is 9.80 Å². The predicted octanol–water partition coefficient (Wildman–Crippen LogP) is 2.65. The van der Waals surface area contributed by atoms with E-state index in [2.05, 4.69) is 12.1 Å². The molecule has 0 N–H and O–H groups in total. The smallest absolute Gasteiger partial charge is 0.248 e. The summed E-state index contributed by atoms with van der Waals surface area (Å²) in [5.41, 5.74) is -0.608. The van der Waals surface area contributed by atoms with Crippen LogP contribution in [0.5, 0.6) is 0 Å². The maximum atomic E-state index is 13.0. The van der Waals surface area contributed by atoms with Crippen LogP contribution in [0, 0.1) is 0 Å². The Bertz CT molecular complexity index is 616. The Labute approximate surface area is 147 Å². The number of halogens is 1. The highest BCUT2D eigenvalue weighted by Crippen LogP contribution is 2.38. The summed E-state index contributed by atoms with van der Waals surface area (Å²) < 4.78 is 5.06. The standard InChI is InChI=1S/C17H24ClN3O3/c1-2-9-20-10-3-7-17(16(20)23)8-4-11-21(17)15(22)6-5-13-12-14(18)19-24-13/h12H,2-11H2,1H3. The van der Waals surface area contributed by atoms with Gasteiger partial charge in [0.25, 0.3) is 0 Å². The van der Waals surface area contributed by atoms with Gasteiger partial charge >= 0.3 is 0 Å². The summed E-state index contributed by atoms with van der Waals surface area (Å²) >= 11 is 5.73. The van der Waals surface area contributed by atoms with Gasteiger partial charge in [-0.1, -0.05) is 23.7 Å². The molecule has 1 aromatic heterocycles. The van der Waals surface area contributed by atoms with Crippen LogP contribution in [0.1, 0.15) is 51.2 Å². The monoisotopic (exact) mass is 353 g/mol. The molecule has 0 bridgehead atoms. The first kappa shape index (κ1) is 17.3. The third-order valence-corrected chi connectivity index (χ3v) is 5.28. The molecule has 3 rings (SSSR count). The maximum absolute atomic E-state index is 13.0. The number of carbonyl (C=O) groups is 2. The number of piperidine rings is 1. The van der Waals surface area contributed by atoms with Crippen LogP contribution in [0.3, 0.4) is 0 Å². The molecular formula is C17H24ClN3O3. The number of amides is 2. The van der Waals surface area contributed by atoms with Crippen LogP contribution in [0.2, 0.25) is 5.15 Å². The van der Waals surface area contributed by atoms with Gasteiger partial charge in [-0.25, -0.2) is 0 Å². The fourth-order valence-corrected chi connectivity index (χ4v) is 4.20. The fraction of sp³-hybridized carbons (Fsp3) is 0.706. The van der Waals surface area contributed by atoms with Gasteiger partial charge in [0.15, 0.2) is 5.15 Å². The molecule has 0 saturated carbocycles. The summed E-state index contributed by atoms with van der Waals surface area (Å²) in [5, 5.41) is 3.92. The van der Waals surface area contributed by atoms with E-state index < -0.39 is 5.54 Å². The highest BCUT2D eigenvalue weighted by molar-refractivity contribution is 6.29. The van der Waals surface area contributed by atoms with E-state index in [1.54, 1.807) is 6.07 Å². The number of likely N-dealkylation sites (tertiary alicyclic amines) is 2. The Hall–Kier alpha value is -1.56. The van der Waals surface area contributed by atoms with Gasteiger partial charge in [-0.15, -0.1) is 0 Å². The minimum atomic E-state index is -0.608. The van der Waals surface area contributed by atoms with Gasteiger partial charge in [-0.2, -0.15) is 0 Å². The Morgan fingerprint density at radius 3 is 2.79 bits per heavy atom. The van der Waals surface area contributed by atoms with E-state index in [-0.39, 0.29) is 11.8 Å². The molecule has 0 aromatic carbocycles. The average molecular weight is 354 g/mol. The summed E-state index contributed by atoms with van der Waals surface area (Å²) in [6, 6.07) is 1.63. The van der Waals surface area contributed by atoms with Crippen molar-refractivity contribution in [1.82, 2.24) is 15.0 Å². The Morgan fingerprint density at radius 1 is 1.38 bits per heavy atom. The van der Waals surface area contributed by atoms with Crippen molar-refractivity contribution in [1.29, 1.82) is 0 Å². The zero-order chi connectivity index (χ0) is 17.2. The van der Waals surface area contributed by atoms with E-state index >= 15 is 0 Å². The number of hydrogen-bond acceptors (Lipinski definition) is 4. The molecule has 24 heavy (non-hydrogen) atoms. The first-order chi connectivity index (χ1) is 11.6. The topological polar surface area (TPSA) is 66.7 Å². The van der Waals surface area contributed by atoms with Crippen molar-refractivity contribution in [3.8, 4) is 0 Å². The number of carbonyl (C=O) groups excluding carboxylic acids is 2. The number of rotatable bonds is 5. The highest BCUT2D eigenvalue weighted by Gasteiger charge is 2.52. The molecule has 3 heterocycles. The van der Waals surface area contributed by atoms with Gasteiger partial charge in [0.2, 0.25) is 11.8 Å². The number of hydrogen-bond donors (Lipinski definition) is 0. The van der Waals surface area contributed by atoms with Crippen LogP contribution >= 0.6 is 11.6 Å². The SMILES string of the molecule is CCCN1CCCC2(CCCN2C(=O)CCc2cc(Cl)no2)C1=O. The molecule has 1 aromatic rings. The van der Waals surface area contributed by atoms with Crippen molar-refractivity contribution in [3.05, 3.63) is 17.0 Å². The summed E-state index contributed by atoms with van der Waals surface area (Å²) in [7, 11) is 0. The quantitative estimate of drug-likeness (QED) is 0.816. The van der Waals surface area contributed by atoms with Crippen LogP contribution in [0.15, 0.2) is 10.6 Å². The van der Waals surface area contributed by atoms with Crippen molar-refractivity contribution in [3.63, 3.8) is 0 Å². The summed E-state index contributed by atoms with van der Waals surface area (Å²) in [4.78, 5) is 29.6. The second-order valence-electron chi connectivity index (χ2n) is 6.69. The summed E-state index contributed by atoms with van der Waals surface area (Å²) in [5.74, 6) is 0.764. The first-order valence-electron chi connectivity index (χ1n) is 8.78. The molecule has 1 unspecified atom stereocenters. The van der Waals surface area contributed by atoms with Crippen LogP contribution in [0.25, 0.3) is 0 Å². The summed E-state index contributed by atoms with van der Waals surface area (Å²) in [6.07, 6.45) is 5.14. The molecule has 2 amide bonds. The molecule has 1 spiro atoms. The third kappa shape index (κ3) is 3.16. The molecular weight excluding hydrogens is 330 g/mol. The molecule has 2 saturated heterocycles. The molecule has 2 aliphatic heterocycles. The molecule has 2 aliphatic rings. The van der Waals surface area contributed by atoms with E-state index in [4.69, 9.17) is 16.1 Å². The van der Waals surface area contributed by atoms with Gasteiger partial charge in [0, 0.05) is 38.5 Å². The number of aromatic nitrogens is 1. The van der Waals surface area contributed by atoms with Gasteiger partial charge < -0.3 is 14.3 Å². The maximum Gasteiger partial charge on any atom is 0.248 e. The average Bonchev–Trinajstić information content (AvgIpc) is 3.17. The van der Waals surface area contributed by atoms with E-state index in [0.717, 1.165) is 45.2 Å². The lowest BCUT2D eigenvalue weighted by atomic mass is 9.85. The van der Waals surface area contributed by atoms with Crippen molar-refractivity contribution >= 4 is 23.4 Å². The fourth-order valence-electron chi connectivity index (χ4n) is 4.04. The molecule has 0 radical (unpaired) electrons. The van der Waals surface area contributed by atoms with Gasteiger partial charge in [-0.05, 0) is 32.1 Å². The number of nitrogens with zero attached hydrogens (tertiary/aromatic N) is 3. The minimum Gasteiger partial charge on any atom is -0.360 e. The van der Waals surface area contributed by atoms with Crippen LogP contribution in [-0.4, -0.2) is 51.9 Å². The van der Waals surface area contributed by atoms with E-state index in [1.165, 1.54) is 0 Å². The Morgan fingerprint density at radius 2 is 2.12 bits per heavy atom. The third-order valence-electron chi connectivity index (χ3n) is 5.10. The molecule has 1 atom stereocenters. The molecule has 132 valence electrons. The lowest BCUT2D eigenvalue weighted by Crippen LogP contribution is -2.61. The first-order valence-corrected chi connectivity index (χ1v) is 9.15. The van der Waals surface area contributed by atoms with Gasteiger partial charge in [0.05, 0.1) is 0 Å². The van der Waals surface area contributed by atoms with Crippen molar-refractivity contribution in [2.24, 2.45) is 0 Å². The molecule has 0 aliphatic carbocycles. The molecule has 7 heteroatoms. The lowest BCUT2D eigenvalue weighted by Gasteiger charge is -2.44. The van der Waals surface area contributed by atoms with Crippen molar-refractivity contribution < 1.29 is 14.1 Å². The van der Waals surface area contributed by atoms with Crippen molar-refractivity contribution in [2.75, 3.05) is 19.6 Å². The van der Waals surface area contributed by atoms with E-state index in [9.17, 15) is 9.59 Å². The van der Waals surface area contributed by atoms with Crippen molar-refractivity contribution in [2.45, 2.75) is 57.4 Å². The second-order valence-corrected chi connectivity index (χ2v) is 7.08. The van der Waals surface area contributed by atoms with Gasteiger partial charge in [-0.3, -0.25) is 9.59 Å². The molecule has 2 fully saturated rings. The zero-order valence-electron chi connectivity index (χ0n) is 14.1. The highest BCUT2D eigenvalue weighted by atomic mass is 35.5. The van der Waals surface area contributed by atoms with Crippen LogP contribution in [0.4, 0.5) is 0 Å². The second kappa shape index (κ2) is 7.13. The minimum absolute atomic E-state index is 0.0201. The molecule has 6 nitrogen and oxygen atoms in total. The lowest BCUT2D eigenvalue weighted by molar-refractivity contribution is -0.155. The van der Waals surface area contributed by atoms with Crippen LogP contribution < -0.4 is 0 Å². The van der Waals surface area contributed by atoms with E-state index in [0.29, 0.717) is 30.3 Å². The normalized spacial score (nSPS) is 24.2. The number of aryl methyl sites for hydroxylation is 1. The summed E-state index contributed by atoms with van der Waals surface area (Å²) in [6.45, 7) is 4.34. The largest absolute Gasteiger partial charge is 0.360 e. The Kier molecular flexibility index (Phi) is 5.13. The zero-order valence-corrected chi connectivity index (χ0v) is 14.8.